The van der Waals surface area contributed by atoms with Crippen LogP contribution in [0.1, 0.15) is 69.0 Å². The van der Waals surface area contributed by atoms with Gasteiger partial charge >= 0.3 is 0 Å². The number of nitrogens with zero attached hydrogens (tertiary/aromatic N) is 2. The highest BCUT2D eigenvalue weighted by Gasteiger charge is 2.21. The molecule has 0 amide bonds. The number of aromatic nitrogens is 2. The zero-order chi connectivity index (χ0) is 12.2. The van der Waals surface area contributed by atoms with Gasteiger partial charge in [0, 0.05) is 24.9 Å². The highest BCUT2D eigenvalue weighted by Crippen LogP contribution is 2.29. The van der Waals surface area contributed by atoms with Crippen molar-refractivity contribution in [3.05, 3.63) is 11.7 Å². The van der Waals surface area contributed by atoms with Crippen LogP contribution in [0.3, 0.4) is 0 Å². The molecule has 4 heteroatoms. The second-order valence-corrected chi connectivity index (χ2v) is 5.71. The summed E-state index contributed by atoms with van der Waals surface area (Å²) in [7, 11) is 0. The van der Waals surface area contributed by atoms with E-state index in [4.69, 9.17) is 4.52 Å². The SMILES string of the molecule is C1CCCC(c2noc(CCNC3CC3)n2)CC1. The summed E-state index contributed by atoms with van der Waals surface area (Å²) < 4.78 is 5.36. The van der Waals surface area contributed by atoms with Crippen LogP contribution < -0.4 is 5.32 Å². The Labute approximate surface area is 109 Å². The second kappa shape index (κ2) is 5.83. The fourth-order valence-corrected chi connectivity index (χ4v) is 2.74. The van der Waals surface area contributed by atoms with Crippen molar-refractivity contribution in [3.8, 4) is 0 Å². The van der Waals surface area contributed by atoms with Gasteiger partial charge < -0.3 is 9.84 Å². The second-order valence-electron chi connectivity index (χ2n) is 5.71. The standard InChI is InChI=1S/C14H23N3O/c1-2-4-6-11(5-3-1)14-16-13(18-17-14)9-10-15-12-7-8-12/h11-12,15H,1-10H2. The maximum atomic E-state index is 5.36. The molecule has 1 aromatic rings. The van der Waals surface area contributed by atoms with Crippen LogP contribution in [0, 0.1) is 0 Å². The van der Waals surface area contributed by atoms with Gasteiger partial charge in [-0.15, -0.1) is 0 Å². The largest absolute Gasteiger partial charge is 0.339 e. The predicted molar refractivity (Wildman–Crippen MR) is 69.5 cm³/mol. The Balaban J connectivity index is 1.50. The van der Waals surface area contributed by atoms with E-state index < -0.39 is 0 Å². The summed E-state index contributed by atoms with van der Waals surface area (Å²) in [6.45, 7) is 0.969. The minimum Gasteiger partial charge on any atom is -0.339 e. The zero-order valence-corrected chi connectivity index (χ0v) is 11.0. The van der Waals surface area contributed by atoms with Gasteiger partial charge in [0.1, 0.15) is 0 Å². The average Bonchev–Trinajstić information content (AvgIpc) is 3.14. The molecule has 0 aliphatic heterocycles. The minimum absolute atomic E-state index is 0.543. The molecule has 2 saturated carbocycles. The maximum Gasteiger partial charge on any atom is 0.227 e. The molecule has 18 heavy (non-hydrogen) atoms. The lowest BCUT2D eigenvalue weighted by atomic mass is 10.00. The fourth-order valence-electron chi connectivity index (χ4n) is 2.74. The zero-order valence-electron chi connectivity index (χ0n) is 11.0. The molecular formula is C14H23N3O. The van der Waals surface area contributed by atoms with Crippen molar-refractivity contribution in [1.29, 1.82) is 0 Å². The first kappa shape index (κ1) is 12.2. The van der Waals surface area contributed by atoms with Gasteiger partial charge in [-0.1, -0.05) is 30.8 Å². The van der Waals surface area contributed by atoms with Gasteiger partial charge in [-0.05, 0) is 25.7 Å². The molecule has 2 fully saturated rings. The van der Waals surface area contributed by atoms with Crippen LogP contribution in [0.4, 0.5) is 0 Å². The summed E-state index contributed by atoms with van der Waals surface area (Å²) in [5.41, 5.74) is 0. The lowest BCUT2D eigenvalue weighted by Gasteiger charge is -2.07. The molecule has 1 heterocycles. The molecule has 0 atom stereocenters. The molecule has 100 valence electrons. The van der Waals surface area contributed by atoms with Crippen molar-refractivity contribution < 1.29 is 4.52 Å². The van der Waals surface area contributed by atoms with Gasteiger partial charge in [-0.25, -0.2) is 0 Å². The Morgan fingerprint density at radius 2 is 1.83 bits per heavy atom. The third kappa shape index (κ3) is 3.31. The van der Waals surface area contributed by atoms with E-state index in [1.165, 1.54) is 51.4 Å². The molecule has 3 rings (SSSR count). The van der Waals surface area contributed by atoms with Crippen molar-refractivity contribution in [2.75, 3.05) is 6.54 Å². The van der Waals surface area contributed by atoms with Crippen molar-refractivity contribution >= 4 is 0 Å². The van der Waals surface area contributed by atoms with Gasteiger partial charge in [0.05, 0.1) is 0 Å². The van der Waals surface area contributed by atoms with Crippen LogP contribution >= 0.6 is 0 Å². The van der Waals surface area contributed by atoms with Gasteiger partial charge in [0.2, 0.25) is 5.89 Å². The van der Waals surface area contributed by atoms with Crippen LogP contribution in [0.5, 0.6) is 0 Å². The highest BCUT2D eigenvalue weighted by molar-refractivity contribution is 4.96. The van der Waals surface area contributed by atoms with E-state index in [-0.39, 0.29) is 0 Å². The molecular weight excluding hydrogens is 226 g/mol. The maximum absolute atomic E-state index is 5.36. The molecule has 2 aliphatic rings. The van der Waals surface area contributed by atoms with Crippen molar-refractivity contribution in [3.63, 3.8) is 0 Å². The van der Waals surface area contributed by atoms with Gasteiger partial charge in [0.15, 0.2) is 5.82 Å². The monoisotopic (exact) mass is 249 g/mol. The van der Waals surface area contributed by atoms with Crippen LogP contribution in [-0.2, 0) is 6.42 Å². The summed E-state index contributed by atoms with van der Waals surface area (Å²) in [6.07, 6.45) is 11.4. The van der Waals surface area contributed by atoms with Crippen LogP contribution in [-0.4, -0.2) is 22.7 Å². The number of rotatable bonds is 5. The molecule has 0 unspecified atom stereocenters. The predicted octanol–water partition coefficient (Wildman–Crippen LogP) is 2.80. The van der Waals surface area contributed by atoms with Crippen LogP contribution in [0.2, 0.25) is 0 Å². The number of hydrogen-bond acceptors (Lipinski definition) is 4. The number of hydrogen-bond donors (Lipinski definition) is 1. The molecule has 0 radical (unpaired) electrons. The van der Waals surface area contributed by atoms with Gasteiger partial charge in [-0.2, -0.15) is 4.98 Å². The summed E-state index contributed by atoms with van der Waals surface area (Å²) in [4.78, 5) is 4.58. The molecule has 0 spiro atoms. The van der Waals surface area contributed by atoms with Crippen molar-refractivity contribution in [2.24, 2.45) is 0 Å². The first-order valence-electron chi connectivity index (χ1n) is 7.47. The lowest BCUT2D eigenvalue weighted by Crippen LogP contribution is -2.19. The smallest absolute Gasteiger partial charge is 0.227 e. The van der Waals surface area contributed by atoms with Crippen LogP contribution in [0.25, 0.3) is 0 Å². The first-order valence-corrected chi connectivity index (χ1v) is 7.47. The minimum atomic E-state index is 0.543. The molecule has 0 aromatic carbocycles. The Morgan fingerprint density at radius 3 is 2.56 bits per heavy atom. The average molecular weight is 249 g/mol. The summed E-state index contributed by atoms with van der Waals surface area (Å²) in [5.74, 6) is 2.31. The molecule has 0 saturated heterocycles. The van der Waals surface area contributed by atoms with E-state index in [1.807, 2.05) is 0 Å². The van der Waals surface area contributed by atoms with E-state index in [0.29, 0.717) is 5.92 Å². The third-order valence-corrected chi connectivity index (χ3v) is 4.05. The summed E-state index contributed by atoms with van der Waals surface area (Å²) >= 11 is 0. The van der Waals surface area contributed by atoms with E-state index in [2.05, 4.69) is 15.5 Å². The topological polar surface area (TPSA) is 51.0 Å². The first-order chi connectivity index (χ1) is 8.92. The lowest BCUT2D eigenvalue weighted by molar-refractivity contribution is 0.365. The Hall–Kier alpha value is -0.900. The molecule has 1 N–H and O–H groups in total. The van der Waals surface area contributed by atoms with E-state index in [1.54, 1.807) is 0 Å². The Bertz CT molecular complexity index is 365. The number of nitrogens with one attached hydrogen (secondary N) is 1. The quantitative estimate of drug-likeness (QED) is 0.815. The Morgan fingerprint density at radius 1 is 1.06 bits per heavy atom. The Kier molecular flexibility index (Phi) is 3.93. The van der Waals surface area contributed by atoms with Crippen LogP contribution in [0.15, 0.2) is 4.52 Å². The van der Waals surface area contributed by atoms with Crippen molar-refractivity contribution in [2.45, 2.75) is 69.7 Å². The molecule has 0 bridgehead atoms. The third-order valence-electron chi connectivity index (χ3n) is 4.05. The van der Waals surface area contributed by atoms with Gasteiger partial charge in [0.25, 0.3) is 0 Å². The highest BCUT2D eigenvalue weighted by atomic mass is 16.5. The van der Waals surface area contributed by atoms with E-state index >= 15 is 0 Å². The fraction of sp³-hybridized carbons (Fsp3) is 0.857. The normalized spacial score (nSPS) is 22.0. The molecule has 1 aromatic heterocycles. The van der Waals surface area contributed by atoms with Gasteiger partial charge in [-0.3, -0.25) is 0 Å². The summed E-state index contributed by atoms with van der Waals surface area (Å²) in [5, 5.41) is 7.66. The molecule has 4 nitrogen and oxygen atoms in total. The van der Waals surface area contributed by atoms with E-state index in [9.17, 15) is 0 Å². The summed E-state index contributed by atoms with van der Waals surface area (Å²) in [6, 6.07) is 0.759. The van der Waals surface area contributed by atoms with E-state index in [0.717, 1.165) is 30.7 Å². The van der Waals surface area contributed by atoms with Crippen molar-refractivity contribution in [1.82, 2.24) is 15.5 Å². The molecule has 2 aliphatic carbocycles.